The summed E-state index contributed by atoms with van der Waals surface area (Å²) >= 11 is 0. The van der Waals surface area contributed by atoms with Gasteiger partial charge in [0.15, 0.2) is 0 Å². The molecule has 2 heterocycles. The molecule has 0 fully saturated rings. The number of aromatic nitrogens is 3. The Labute approximate surface area is 316 Å². The third kappa shape index (κ3) is 4.61. The molecule has 0 amide bonds. The summed E-state index contributed by atoms with van der Waals surface area (Å²) in [5, 5.41) is 3.54. The zero-order valence-electron chi connectivity index (χ0n) is 31.6. The van der Waals surface area contributed by atoms with Crippen LogP contribution in [0.25, 0.3) is 83.3 Å². The molecule has 0 spiro atoms. The average molecular weight is 696 g/mol. The van der Waals surface area contributed by atoms with Gasteiger partial charge in [0.25, 0.3) is 0 Å². The molecule has 0 saturated heterocycles. The fourth-order valence-corrected chi connectivity index (χ4v) is 9.34. The fraction of sp³-hybridized carbons (Fsp3) is 0.137. The summed E-state index contributed by atoms with van der Waals surface area (Å²) in [7, 11) is 0. The Kier molecular flexibility index (Phi) is 7.09. The maximum absolute atomic E-state index is 5.51. The van der Waals surface area contributed by atoms with Gasteiger partial charge in [-0.1, -0.05) is 123 Å². The Balaban J connectivity index is 1.19. The Morgan fingerprint density at radius 1 is 0.463 bits per heavy atom. The molecule has 3 nitrogen and oxygen atoms in total. The van der Waals surface area contributed by atoms with Crippen molar-refractivity contribution in [2.45, 2.75) is 47.0 Å². The van der Waals surface area contributed by atoms with Crippen molar-refractivity contribution >= 4 is 32.7 Å². The van der Waals surface area contributed by atoms with Crippen molar-refractivity contribution in [3.05, 3.63) is 173 Å². The SMILES string of the molecule is Cc1c(C)c(-c2ccc3c(c2)c2ccccc2n3-c2nc3c4c(cccc4n2)C(C)(C)c2cc(-c4ccccc4)ccc2-3)c(C)c(C)c1-c1ccccc1. The van der Waals surface area contributed by atoms with Gasteiger partial charge in [-0.15, -0.1) is 0 Å². The largest absolute Gasteiger partial charge is 0.278 e. The van der Waals surface area contributed by atoms with Crippen LogP contribution in [-0.4, -0.2) is 14.5 Å². The van der Waals surface area contributed by atoms with Crippen molar-refractivity contribution in [3.63, 3.8) is 0 Å². The molecule has 54 heavy (non-hydrogen) atoms. The van der Waals surface area contributed by atoms with E-state index in [2.05, 4.69) is 186 Å². The average Bonchev–Trinajstić information content (AvgIpc) is 3.53. The molecule has 1 aliphatic carbocycles. The molecule has 0 radical (unpaired) electrons. The number of hydrogen-bond acceptors (Lipinski definition) is 2. The van der Waals surface area contributed by atoms with Gasteiger partial charge in [0.1, 0.15) is 0 Å². The molecule has 1 aliphatic rings. The van der Waals surface area contributed by atoms with Crippen LogP contribution in [0, 0.1) is 27.7 Å². The predicted molar refractivity (Wildman–Crippen MR) is 227 cm³/mol. The van der Waals surface area contributed by atoms with Crippen molar-refractivity contribution in [2.75, 3.05) is 0 Å². The summed E-state index contributed by atoms with van der Waals surface area (Å²) in [5.41, 5.74) is 20.6. The van der Waals surface area contributed by atoms with Crippen LogP contribution < -0.4 is 0 Å². The van der Waals surface area contributed by atoms with Crippen LogP contribution in [0.3, 0.4) is 0 Å². The molecule has 260 valence electrons. The van der Waals surface area contributed by atoms with E-state index in [1.54, 1.807) is 0 Å². The highest BCUT2D eigenvalue weighted by Gasteiger charge is 2.35. The molecule has 0 unspecified atom stereocenters. The van der Waals surface area contributed by atoms with Crippen molar-refractivity contribution < 1.29 is 0 Å². The first kappa shape index (κ1) is 32.3. The van der Waals surface area contributed by atoms with Gasteiger partial charge in [0.05, 0.1) is 22.2 Å². The summed E-state index contributed by atoms with van der Waals surface area (Å²) in [4.78, 5) is 10.9. The van der Waals surface area contributed by atoms with E-state index in [0.717, 1.165) is 27.6 Å². The van der Waals surface area contributed by atoms with Crippen molar-refractivity contribution in [2.24, 2.45) is 0 Å². The van der Waals surface area contributed by atoms with Gasteiger partial charge >= 0.3 is 0 Å². The molecule has 2 aromatic heterocycles. The first-order valence-corrected chi connectivity index (χ1v) is 18.9. The Morgan fingerprint density at radius 2 is 1.07 bits per heavy atom. The Hall–Kier alpha value is -6.32. The van der Waals surface area contributed by atoms with E-state index in [1.807, 2.05) is 0 Å². The van der Waals surface area contributed by atoms with Gasteiger partial charge < -0.3 is 0 Å². The second-order valence-corrected chi connectivity index (χ2v) is 15.5. The molecule has 0 saturated carbocycles. The maximum atomic E-state index is 5.51. The van der Waals surface area contributed by atoms with E-state index >= 15 is 0 Å². The Morgan fingerprint density at radius 3 is 1.80 bits per heavy atom. The summed E-state index contributed by atoms with van der Waals surface area (Å²) in [5.74, 6) is 0.692. The minimum absolute atomic E-state index is 0.215. The smallest absolute Gasteiger partial charge is 0.235 e. The van der Waals surface area contributed by atoms with Gasteiger partial charge in [-0.2, -0.15) is 0 Å². The highest BCUT2D eigenvalue weighted by atomic mass is 15.2. The molecule has 0 atom stereocenters. The summed E-state index contributed by atoms with van der Waals surface area (Å²) in [6.45, 7) is 13.8. The maximum Gasteiger partial charge on any atom is 0.235 e. The lowest BCUT2D eigenvalue weighted by Crippen LogP contribution is -2.24. The number of hydrogen-bond donors (Lipinski definition) is 0. The van der Waals surface area contributed by atoms with Gasteiger partial charge in [-0.05, 0) is 125 Å². The lowest BCUT2D eigenvalue weighted by Gasteiger charge is -2.35. The van der Waals surface area contributed by atoms with E-state index in [1.165, 1.54) is 83.1 Å². The molecule has 9 aromatic rings. The molecule has 0 aliphatic heterocycles. The molecule has 7 aromatic carbocycles. The van der Waals surface area contributed by atoms with Crippen LogP contribution in [0.5, 0.6) is 0 Å². The zero-order chi connectivity index (χ0) is 36.9. The first-order valence-electron chi connectivity index (χ1n) is 18.9. The zero-order valence-corrected chi connectivity index (χ0v) is 31.6. The second kappa shape index (κ2) is 11.8. The molecule has 0 N–H and O–H groups in total. The van der Waals surface area contributed by atoms with Gasteiger partial charge in [0, 0.05) is 27.1 Å². The number of benzene rings is 7. The van der Waals surface area contributed by atoms with Crippen LogP contribution in [0.1, 0.15) is 47.2 Å². The first-order chi connectivity index (χ1) is 26.2. The molecular formula is C51H41N3. The van der Waals surface area contributed by atoms with Gasteiger partial charge in [-0.3, -0.25) is 4.57 Å². The quantitative estimate of drug-likeness (QED) is 0.183. The third-order valence-electron chi connectivity index (χ3n) is 12.3. The van der Waals surface area contributed by atoms with E-state index in [4.69, 9.17) is 9.97 Å². The molecule has 10 rings (SSSR count). The highest BCUT2D eigenvalue weighted by molar-refractivity contribution is 6.11. The molecule has 0 bridgehead atoms. The standard InChI is InChI=1S/C51H41N3/c1-30-32(3)47(33(4)31(2)46(30)35-18-11-8-12-19-35)37-25-27-45-40(28-37)38-20-13-14-23-44(38)54(45)50-52-43-22-15-21-41-48(43)49(53-50)39-26-24-36(29-42(39)51(41,5)6)34-16-9-7-10-17-34/h7-29H,1-6H3. The minimum Gasteiger partial charge on any atom is -0.278 e. The predicted octanol–water partition coefficient (Wildman–Crippen LogP) is 13.3. The monoisotopic (exact) mass is 695 g/mol. The van der Waals surface area contributed by atoms with Crippen molar-refractivity contribution in [1.29, 1.82) is 0 Å². The third-order valence-corrected chi connectivity index (χ3v) is 12.3. The molecular weight excluding hydrogens is 655 g/mol. The number of fused-ring (bicyclic) bond motifs is 5. The number of rotatable bonds is 4. The van der Waals surface area contributed by atoms with E-state index in [-0.39, 0.29) is 5.41 Å². The lowest BCUT2D eigenvalue weighted by atomic mass is 9.69. The van der Waals surface area contributed by atoms with Crippen LogP contribution in [0.15, 0.2) is 140 Å². The van der Waals surface area contributed by atoms with Gasteiger partial charge in [-0.25, -0.2) is 9.97 Å². The molecule has 3 heteroatoms. The summed E-state index contributed by atoms with van der Waals surface area (Å²) in [6.07, 6.45) is 0. The van der Waals surface area contributed by atoms with Crippen molar-refractivity contribution in [3.8, 4) is 50.6 Å². The van der Waals surface area contributed by atoms with Crippen LogP contribution in [-0.2, 0) is 5.41 Å². The fourth-order valence-electron chi connectivity index (χ4n) is 9.34. The lowest BCUT2D eigenvalue weighted by molar-refractivity contribution is 0.644. The summed E-state index contributed by atoms with van der Waals surface area (Å²) < 4.78 is 2.27. The van der Waals surface area contributed by atoms with E-state index < -0.39 is 0 Å². The normalized spacial score (nSPS) is 13.1. The summed E-state index contributed by atoms with van der Waals surface area (Å²) in [6, 6.07) is 50.5. The minimum atomic E-state index is -0.215. The number of para-hydroxylation sites is 1. The van der Waals surface area contributed by atoms with Crippen LogP contribution in [0.4, 0.5) is 0 Å². The van der Waals surface area contributed by atoms with E-state index in [9.17, 15) is 0 Å². The van der Waals surface area contributed by atoms with Crippen molar-refractivity contribution in [1.82, 2.24) is 14.5 Å². The topological polar surface area (TPSA) is 30.7 Å². The van der Waals surface area contributed by atoms with E-state index in [0.29, 0.717) is 5.95 Å². The Bertz CT molecular complexity index is 2960. The number of nitrogens with zero attached hydrogens (tertiary/aromatic N) is 3. The van der Waals surface area contributed by atoms with Crippen LogP contribution in [0.2, 0.25) is 0 Å². The second-order valence-electron chi connectivity index (χ2n) is 15.5. The van der Waals surface area contributed by atoms with Crippen LogP contribution >= 0.6 is 0 Å². The van der Waals surface area contributed by atoms with Gasteiger partial charge in [0.2, 0.25) is 5.95 Å². The highest BCUT2D eigenvalue weighted by Crippen LogP contribution is 2.49.